The number of hydrogen-bond acceptors (Lipinski definition) is 4. The SMILES string of the molecule is COc1cc(Br)c2oc(-c3cc(Cl)c(OC)c(Cl)c3)nc2c1. The summed E-state index contributed by atoms with van der Waals surface area (Å²) in [5.41, 5.74) is 1.96. The van der Waals surface area contributed by atoms with Crippen LogP contribution in [0.1, 0.15) is 0 Å². The highest BCUT2D eigenvalue weighted by Crippen LogP contribution is 2.39. The van der Waals surface area contributed by atoms with Crippen molar-refractivity contribution in [1.82, 2.24) is 4.98 Å². The molecular weight excluding hydrogens is 393 g/mol. The second-order valence-electron chi connectivity index (χ2n) is 4.45. The average Bonchev–Trinajstić information content (AvgIpc) is 2.91. The van der Waals surface area contributed by atoms with Gasteiger partial charge in [0.2, 0.25) is 5.89 Å². The van der Waals surface area contributed by atoms with Crippen molar-refractivity contribution in [3.05, 3.63) is 38.8 Å². The summed E-state index contributed by atoms with van der Waals surface area (Å²) in [5, 5.41) is 0.785. The van der Waals surface area contributed by atoms with Gasteiger partial charge in [0.1, 0.15) is 11.3 Å². The minimum Gasteiger partial charge on any atom is -0.497 e. The molecule has 0 aliphatic rings. The molecular formula is C15H10BrCl2NO3. The second-order valence-corrected chi connectivity index (χ2v) is 6.12. The third-order valence-electron chi connectivity index (χ3n) is 3.10. The molecule has 0 atom stereocenters. The molecule has 0 saturated heterocycles. The zero-order valence-electron chi connectivity index (χ0n) is 11.6. The highest BCUT2D eigenvalue weighted by Gasteiger charge is 2.16. The van der Waals surface area contributed by atoms with Gasteiger partial charge < -0.3 is 13.9 Å². The van der Waals surface area contributed by atoms with Crippen molar-refractivity contribution in [3.8, 4) is 23.0 Å². The summed E-state index contributed by atoms with van der Waals surface area (Å²) >= 11 is 15.7. The van der Waals surface area contributed by atoms with E-state index in [1.54, 1.807) is 25.3 Å². The average molecular weight is 403 g/mol. The first-order valence-corrected chi connectivity index (χ1v) is 7.76. The molecule has 1 heterocycles. The molecule has 4 nitrogen and oxygen atoms in total. The molecule has 0 bridgehead atoms. The summed E-state index contributed by atoms with van der Waals surface area (Å²) in [6.45, 7) is 0. The number of hydrogen-bond donors (Lipinski definition) is 0. The molecule has 0 aliphatic heterocycles. The highest BCUT2D eigenvalue weighted by atomic mass is 79.9. The number of ether oxygens (including phenoxy) is 2. The van der Waals surface area contributed by atoms with E-state index in [0.717, 1.165) is 4.47 Å². The molecule has 0 saturated carbocycles. The van der Waals surface area contributed by atoms with E-state index in [1.165, 1.54) is 7.11 Å². The van der Waals surface area contributed by atoms with Gasteiger partial charge in [-0.05, 0) is 34.1 Å². The molecule has 1 aromatic heterocycles. The summed E-state index contributed by atoms with van der Waals surface area (Å²) < 4.78 is 16.9. The van der Waals surface area contributed by atoms with Gasteiger partial charge in [-0.1, -0.05) is 23.2 Å². The third-order valence-corrected chi connectivity index (χ3v) is 4.25. The highest BCUT2D eigenvalue weighted by molar-refractivity contribution is 9.10. The van der Waals surface area contributed by atoms with Gasteiger partial charge in [0, 0.05) is 11.6 Å². The Morgan fingerprint density at radius 3 is 2.32 bits per heavy atom. The summed E-state index contributed by atoms with van der Waals surface area (Å²) in [7, 11) is 3.10. The lowest BCUT2D eigenvalue weighted by atomic mass is 10.2. The van der Waals surface area contributed by atoms with Crippen LogP contribution in [0.5, 0.6) is 11.5 Å². The van der Waals surface area contributed by atoms with E-state index < -0.39 is 0 Å². The Balaban J connectivity index is 2.17. The molecule has 0 aliphatic carbocycles. The smallest absolute Gasteiger partial charge is 0.227 e. The second kappa shape index (κ2) is 5.99. The Labute approximate surface area is 145 Å². The van der Waals surface area contributed by atoms with Crippen LogP contribution < -0.4 is 9.47 Å². The monoisotopic (exact) mass is 401 g/mol. The van der Waals surface area contributed by atoms with Crippen molar-refractivity contribution in [3.63, 3.8) is 0 Å². The van der Waals surface area contributed by atoms with Crippen LogP contribution in [0.15, 0.2) is 33.2 Å². The van der Waals surface area contributed by atoms with Crippen molar-refractivity contribution in [2.24, 2.45) is 0 Å². The van der Waals surface area contributed by atoms with Crippen molar-refractivity contribution in [1.29, 1.82) is 0 Å². The Morgan fingerprint density at radius 1 is 1.05 bits per heavy atom. The lowest BCUT2D eigenvalue weighted by molar-refractivity contribution is 0.415. The molecule has 22 heavy (non-hydrogen) atoms. The van der Waals surface area contributed by atoms with Gasteiger partial charge in [-0.15, -0.1) is 0 Å². The Kier molecular flexibility index (Phi) is 4.21. The predicted molar refractivity (Wildman–Crippen MR) is 90.3 cm³/mol. The van der Waals surface area contributed by atoms with Crippen LogP contribution in [0.2, 0.25) is 10.0 Å². The molecule has 3 aromatic rings. The van der Waals surface area contributed by atoms with Crippen molar-refractivity contribution >= 4 is 50.2 Å². The number of methoxy groups -OCH3 is 2. The van der Waals surface area contributed by atoms with Crippen LogP contribution in [0.4, 0.5) is 0 Å². The molecule has 0 radical (unpaired) electrons. The van der Waals surface area contributed by atoms with Gasteiger partial charge in [0.15, 0.2) is 11.3 Å². The normalized spacial score (nSPS) is 11.0. The van der Waals surface area contributed by atoms with E-state index >= 15 is 0 Å². The zero-order valence-corrected chi connectivity index (χ0v) is 14.7. The number of rotatable bonds is 3. The van der Waals surface area contributed by atoms with Crippen LogP contribution in [-0.2, 0) is 0 Å². The van der Waals surface area contributed by atoms with E-state index in [9.17, 15) is 0 Å². The molecule has 0 N–H and O–H groups in total. The fourth-order valence-corrected chi connectivity index (χ4v) is 3.24. The number of oxazole rings is 1. The first kappa shape index (κ1) is 15.5. The lowest BCUT2D eigenvalue weighted by Crippen LogP contribution is -1.87. The topological polar surface area (TPSA) is 44.5 Å². The number of benzene rings is 2. The number of aromatic nitrogens is 1. The van der Waals surface area contributed by atoms with E-state index in [2.05, 4.69) is 20.9 Å². The number of halogens is 3. The molecule has 0 spiro atoms. The number of fused-ring (bicyclic) bond motifs is 1. The lowest BCUT2D eigenvalue weighted by Gasteiger charge is -2.06. The maximum absolute atomic E-state index is 6.15. The Hall–Kier alpha value is -1.43. The van der Waals surface area contributed by atoms with Gasteiger partial charge in [-0.25, -0.2) is 4.98 Å². The van der Waals surface area contributed by atoms with E-state index in [-0.39, 0.29) is 0 Å². The van der Waals surface area contributed by atoms with E-state index in [4.69, 9.17) is 37.1 Å². The molecule has 114 valence electrons. The minimum atomic E-state index is 0.393. The van der Waals surface area contributed by atoms with Crippen molar-refractivity contribution in [2.45, 2.75) is 0 Å². The van der Waals surface area contributed by atoms with E-state index in [1.807, 2.05) is 6.07 Å². The van der Waals surface area contributed by atoms with Crippen LogP contribution in [0.3, 0.4) is 0 Å². The van der Waals surface area contributed by atoms with Gasteiger partial charge >= 0.3 is 0 Å². The fourth-order valence-electron chi connectivity index (χ4n) is 2.09. The number of nitrogens with zero attached hydrogens (tertiary/aromatic N) is 1. The third kappa shape index (κ3) is 2.64. The van der Waals surface area contributed by atoms with Gasteiger partial charge in [-0.3, -0.25) is 0 Å². The molecule has 2 aromatic carbocycles. The van der Waals surface area contributed by atoms with Gasteiger partial charge in [0.05, 0.1) is 28.7 Å². The minimum absolute atomic E-state index is 0.393. The van der Waals surface area contributed by atoms with Crippen LogP contribution in [0, 0.1) is 0 Å². The summed E-state index contributed by atoms with van der Waals surface area (Å²) in [6, 6.07) is 7.00. The van der Waals surface area contributed by atoms with Crippen LogP contribution in [0.25, 0.3) is 22.6 Å². The standard InChI is InChI=1S/C15H10BrCl2NO3/c1-20-8-5-9(16)13-12(6-8)19-15(22-13)7-3-10(17)14(21-2)11(18)4-7/h3-6H,1-2H3. The van der Waals surface area contributed by atoms with Crippen LogP contribution >= 0.6 is 39.1 Å². The summed E-state index contributed by atoms with van der Waals surface area (Å²) in [4.78, 5) is 4.46. The quantitative estimate of drug-likeness (QED) is 0.573. The fraction of sp³-hybridized carbons (Fsp3) is 0.133. The van der Waals surface area contributed by atoms with Crippen molar-refractivity contribution < 1.29 is 13.9 Å². The maximum atomic E-state index is 6.15. The summed E-state index contributed by atoms with van der Waals surface area (Å²) in [6.07, 6.45) is 0. The maximum Gasteiger partial charge on any atom is 0.227 e. The first-order chi connectivity index (χ1) is 10.5. The molecule has 3 rings (SSSR count). The predicted octanol–water partition coefficient (Wildman–Crippen LogP) is 5.58. The Morgan fingerprint density at radius 2 is 1.73 bits per heavy atom. The zero-order chi connectivity index (χ0) is 15.9. The van der Waals surface area contributed by atoms with Gasteiger partial charge in [-0.2, -0.15) is 0 Å². The molecule has 7 heteroatoms. The molecule has 0 amide bonds. The van der Waals surface area contributed by atoms with E-state index in [0.29, 0.717) is 44.1 Å². The van der Waals surface area contributed by atoms with Crippen molar-refractivity contribution in [2.75, 3.05) is 14.2 Å². The van der Waals surface area contributed by atoms with Gasteiger partial charge in [0.25, 0.3) is 0 Å². The molecule has 0 unspecified atom stereocenters. The summed E-state index contributed by atoms with van der Waals surface area (Å²) in [5.74, 6) is 1.52. The van der Waals surface area contributed by atoms with Crippen LogP contribution in [-0.4, -0.2) is 19.2 Å². The first-order valence-electron chi connectivity index (χ1n) is 6.21. The molecule has 0 fully saturated rings. The Bertz CT molecular complexity index is 840. The largest absolute Gasteiger partial charge is 0.497 e.